The zero-order chi connectivity index (χ0) is 6.57. The summed E-state index contributed by atoms with van der Waals surface area (Å²) < 4.78 is 4.64. The second-order valence-corrected chi connectivity index (χ2v) is 3.06. The molecule has 0 aromatic carbocycles. The molecule has 5 heteroatoms. The van der Waals surface area contributed by atoms with Crippen molar-refractivity contribution < 1.29 is 4.74 Å². The molecular formula is C3H9ClN2OS. The summed E-state index contributed by atoms with van der Waals surface area (Å²) in [4.78, 5) is -0.482. The van der Waals surface area contributed by atoms with Crippen LogP contribution in [-0.4, -0.2) is 17.5 Å². The number of nitrogens with two attached hydrogens (primary N) is 2. The molecule has 3 nitrogen and oxygen atoms in total. The Morgan fingerprint density at radius 3 is 2.25 bits per heavy atom. The zero-order valence-corrected chi connectivity index (χ0v) is 6.08. The number of hydrogen-bond donors (Lipinski definition) is 2. The third-order valence-electron chi connectivity index (χ3n) is 0.496. The largest absolute Gasteiger partial charge is 0.357 e. The van der Waals surface area contributed by atoms with Gasteiger partial charge in [0.25, 0.3) is 0 Å². The Kier molecular flexibility index (Phi) is 4.69. The van der Waals surface area contributed by atoms with Gasteiger partial charge in [0.2, 0.25) is 0 Å². The highest BCUT2D eigenvalue weighted by Crippen LogP contribution is 2.12. The highest BCUT2D eigenvalue weighted by molar-refractivity contribution is 8.01. The summed E-state index contributed by atoms with van der Waals surface area (Å²) in [6.45, 7) is 0. The SMILES string of the molecule is COC(N)SC(N)Cl. The molecule has 8 heavy (non-hydrogen) atoms. The maximum Gasteiger partial charge on any atom is 0.155 e. The van der Waals surface area contributed by atoms with E-state index in [1.165, 1.54) is 7.11 Å². The number of hydrogen-bond acceptors (Lipinski definition) is 4. The van der Waals surface area contributed by atoms with Crippen LogP contribution in [0.25, 0.3) is 0 Å². The number of methoxy groups -OCH3 is 1. The van der Waals surface area contributed by atoms with E-state index in [0.29, 0.717) is 0 Å². The smallest absolute Gasteiger partial charge is 0.155 e. The highest BCUT2D eigenvalue weighted by Gasteiger charge is 2.03. The molecule has 50 valence electrons. The van der Waals surface area contributed by atoms with Crippen molar-refractivity contribution in [3.05, 3.63) is 0 Å². The summed E-state index contributed by atoms with van der Waals surface area (Å²) >= 11 is 6.49. The van der Waals surface area contributed by atoms with Crippen LogP contribution in [0.5, 0.6) is 0 Å². The van der Waals surface area contributed by atoms with Gasteiger partial charge in [0, 0.05) is 7.11 Å². The fraction of sp³-hybridized carbons (Fsp3) is 1.00. The van der Waals surface area contributed by atoms with Crippen LogP contribution in [0.15, 0.2) is 0 Å². The lowest BCUT2D eigenvalue weighted by Gasteiger charge is -2.08. The van der Waals surface area contributed by atoms with E-state index >= 15 is 0 Å². The van der Waals surface area contributed by atoms with E-state index in [1.54, 1.807) is 0 Å². The standard InChI is InChI=1S/C3H9ClN2OS/c1-7-3(6)8-2(4)5/h2-3H,5-6H2,1H3. The molecule has 0 aliphatic carbocycles. The lowest BCUT2D eigenvalue weighted by molar-refractivity contribution is 0.179. The first kappa shape index (κ1) is 8.52. The molecule has 0 heterocycles. The predicted molar refractivity (Wildman–Crippen MR) is 36.4 cm³/mol. The van der Waals surface area contributed by atoms with Gasteiger partial charge >= 0.3 is 0 Å². The molecular weight excluding hydrogens is 148 g/mol. The van der Waals surface area contributed by atoms with E-state index < -0.39 is 10.4 Å². The van der Waals surface area contributed by atoms with Gasteiger partial charge in [0.1, 0.15) is 4.83 Å². The molecule has 4 N–H and O–H groups in total. The Morgan fingerprint density at radius 1 is 1.62 bits per heavy atom. The van der Waals surface area contributed by atoms with Gasteiger partial charge in [-0.2, -0.15) is 0 Å². The maximum absolute atomic E-state index is 5.33. The number of ether oxygens (including phenoxy) is 1. The van der Waals surface area contributed by atoms with Gasteiger partial charge in [-0.15, -0.1) is 0 Å². The molecule has 0 rings (SSSR count). The van der Waals surface area contributed by atoms with Crippen LogP contribution in [0.4, 0.5) is 0 Å². The number of rotatable bonds is 3. The lowest BCUT2D eigenvalue weighted by atomic mass is 11.3. The first-order valence-corrected chi connectivity index (χ1v) is 3.38. The van der Waals surface area contributed by atoms with Crippen molar-refractivity contribution in [2.24, 2.45) is 11.5 Å². The fourth-order valence-corrected chi connectivity index (χ4v) is 0.855. The molecule has 0 amide bonds. The van der Waals surface area contributed by atoms with E-state index in [0.717, 1.165) is 11.8 Å². The van der Waals surface area contributed by atoms with E-state index in [-0.39, 0.29) is 0 Å². The van der Waals surface area contributed by atoms with Gasteiger partial charge in [-0.25, -0.2) is 0 Å². The molecule has 0 fully saturated rings. The van der Waals surface area contributed by atoms with Gasteiger partial charge < -0.3 is 10.5 Å². The Labute approximate surface area is 57.7 Å². The van der Waals surface area contributed by atoms with Crippen molar-refractivity contribution in [2.45, 2.75) is 10.4 Å². The lowest BCUT2D eigenvalue weighted by Crippen LogP contribution is -2.22. The molecule has 0 aliphatic heterocycles. The van der Waals surface area contributed by atoms with Gasteiger partial charge in [-0.3, -0.25) is 5.73 Å². The molecule has 0 saturated heterocycles. The van der Waals surface area contributed by atoms with Crippen molar-refractivity contribution in [1.82, 2.24) is 0 Å². The van der Waals surface area contributed by atoms with E-state index in [4.69, 9.17) is 23.1 Å². The van der Waals surface area contributed by atoms with Crippen molar-refractivity contribution >= 4 is 23.4 Å². The van der Waals surface area contributed by atoms with Crippen LogP contribution in [0, 0.1) is 0 Å². The van der Waals surface area contributed by atoms with Crippen LogP contribution < -0.4 is 11.5 Å². The molecule has 2 unspecified atom stereocenters. The summed E-state index contributed by atoms with van der Waals surface area (Å²) in [7, 11) is 1.50. The molecule has 0 aromatic rings. The molecule has 0 radical (unpaired) electrons. The second-order valence-electron chi connectivity index (χ2n) is 1.09. The number of halogens is 1. The van der Waals surface area contributed by atoms with Crippen LogP contribution in [0.1, 0.15) is 0 Å². The third-order valence-corrected chi connectivity index (χ3v) is 1.53. The average molecular weight is 157 g/mol. The number of alkyl halides is 1. The minimum Gasteiger partial charge on any atom is -0.357 e. The van der Waals surface area contributed by atoms with Gasteiger partial charge in [-0.05, 0) is 0 Å². The average Bonchev–Trinajstić information content (AvgIpc) is 1.65. The van der Waals surface area contributed by atoms with Gasteiger partial charge in [0.05, 0.1) is 0 Å². The van der Waals surface area contributed by atoms with E-state index in [2.05, 4.69) is 4.74 Å². The molecule has 0 saturated carbocycles. The highest BCUT2D eigenvalue weighted by atomic mass is 35.5. The van der Waals surface area contributed by atoms with Crippen molar-refractivity contribution in [3.8, 4) is 0 Å². The Morgan fingerprint density at radius 2 is 2.12 bits per heavy atom. The topological polar surface area (TPSA) is 61.3 Å². The molecule has 0 aromatic heterocycles. The fourth-order valence-electron chi connectivity index (χ4n) is 0.184. The third kappa shape index (κ3) is 4.67. The summed E-state index contributed by atoms with van der Waals surface area (Å²) in [5, 5.41) is 0. The van der Waals surface area contributed by atoms with Crippen molar-refractivity contribution in [1.29, 1.82) is 0 Å². The molecule has 0 spiro atoms. The summed E-state index contributed by atoms with van der Waals surface area (Å²) in [5.74, 6) is 0. The Balaban J connectivity index is 3.10. The monoisotopic (exact) mass is 156 g/mol. The first-order chi connectivity index (χ1) is 3.66. The van der Waals surface area contributed by atoms with Crippen LogP contribution in [0.3, 0.4) is 0 Å². The Bertz CT molecular complexity index is 63.2. The minimum atomic E-state index is -0.482. The summed E-state index contributed by atoms with van der Waals surface area (Å²) in [6, 6.07) is 0. The minimum absolute atomic E-state index is 0.414. The van der Waals surface area contributed by atoms with Crippen LogP contribution in [0.2, 0.25) is 0 Å². The summed E-state index contributed by atoms with van der Waals surface area (Å²) in [5.41, 5.74) is 9.97. The second kappa shape index (κ2) is 4.40. The van der Waals surface area contributed by atoms with Crippen molar-refractivity contribution in [2.75, 3.05) is 7.11 Å². The predicted octanol–water partition coefficient (Wildman–Crippen LogP) is 0.0894. The first-order valence-electron chi connectivity index (χ1n) is 2.00. The van der Waals surface area contributed by atoms with E-state index in [1.807, 2.05) is 0 Å². The number of thioether (sulfide) groups is 1. The quantitative estimate of drug-likeness (QED) is 0.346. The molecule has 0 bridgehead atoms. The molecule has 0 aliphatic rings. The maximum atomic E-state index is 5.33. The Hall–Kier alpha value is 0.520. The van der Waals surface area contributed by atoms with Crippen molar-refractivity contribution in [3.63, 3.8) is 0 Å². The van der Waals surface area contributed by atoms with Crippen LogP contribution in [-0.2, 0) is 4.74 Å². The normalized spacial score (nSPS) is 18.0. The van der Waals surface area contributed by atoms with Gasteiger partial charge in [0.15, 0.2) is 5.56 Å². The summed E-state index contributed by atoms with van der Waals surface area (Å²) in [6.07, 6.45) is 0. The van der Waals surface area contributed by atoms with Gasteiger partial charge in [-0.1, -0.05) is 23.4 Å². The molecule has 2 atom stereocenters. The van der Waals surface area contributed by atoms with Crippen LogP contribution >= 0.6 is 23.4 Å². The van der Waals surface area contributed by atoms with E-state index in [9.17, 15) is 0 Å². The zero-order valence-electron chi connectivity index (χ0n) is 4.50.